The molecule has 2 aromatic heterocycles. The summed E-state index contributed by atoms with van der Waals surface area (Å²) in [6, 6.07) is 8.98. The molecule has 1 aliphatic heterocycles. The highest BCUT2D eigenvalue weighted by Gasteiger charge is 2.24. The summed E-state index contributed by atoms with van der Waals surface area (Å²) in [7, 11) is 0. The molecule has 1 fully saturated rings. The van der Waals surface area contributed by atoms with E-state index >= 15 is 0 Å². The fraction of sp³-hybridized carbons (Fsp3) is 0.474. The Morgan fingerprint density at radius 3 is 2.78 bits per heavy atom. The smallest absolute Gasteiger partial charge is 0.113 e. The van der Waals surface area contributed by atoms with E-state index in [1.165, 1.54) is 29.6 Å². The largest absolute Gasteiger partial charge is 0.324 e. The number of para-hydroxylation sites is 1. The van der Waals surface area contributed by atoms with Crippen molar-refractivity contribution in [1.29, 1.82) is 0 Å². The third kappa shape index (κ3) is 2.41. The van der Waals surface area contributed by atoms with Crippen LogP contribution >= 0.6 is 0 Å². The van der Waals surface area contributed by atoms with Crippen molar-refractivity contribution in [1.82, 2.24) is 19.9 Å². The quantitative estimate of drug-likeness (QED) is 0.794. The van der Waals surface area contributed by atoms with Crippen LogP contribution in [0.5, 0.6) is 0 Å². The zero-order chi connectivity index (χ0) is 15.8. The molecule has 0 bridgehead atoms. The topological polar surface area (TPSA) is 42.7 Å². The first kappa shape index (κ1) is 14.6. The van der Waals surface area contributed by atoms with E-state index in [1.807, 2.05) is 6.20 Å². The SMILES string of the molecule is CCC(C)c1nc2cnc3ccccc3c2n1C1CCNCC1. The van der Waals surface area contributed by atoms with Gasteiger partial charge in [0, 0.05) is 17.3 Å². The maximum Gasteiger partial charge on any atom is 0.113 e. The van der Waals surface area contributed by atoms with Crippen molar-refractivity contribution in [3.8, 4) is 0 Å². The lowest BCUT2D eigenvalue weighted by atomic mass is 10.0. The van der Waals surface area contributed by atoms with E-state index in [4.69, 9.17) is 4.98 Å². The van der Waals surface area contributed by atoms with Crippen molar-refractivity contribution < 1.29 is 0 Å². The third-order valence-corrected chi connectivity index (χ3v) is 5.18. The van der Waals surface area contributed by atoms with Gasteiger partial charge in [-0.2, -0.15) is 0 Å². The van der Waals surface area contributed by atoms with Gasteiger partial charge in [0.2, 0.25) is 0 Å². The Labute approximate surface area is 136 Å². The summed E-state index contributed by atoms with van der Waals surface area (Å²) >= 11 is 0. The van der Waals surface area contributed by atoms with Gasteiger partial charge in [0.05, 0.1) is 17.2 Å². The van der Waals surface area contributed by atoms with Gasteiger partial charge < -0.3 is 9.88 Å². The van der Waals surface area contributed by atoms with Crippen LogP contribution in [0.1, 0.15) is 50.9 Å². The molecule has 4 rings (SSSR count). The molecule has 3 aromatic rings. The van der Waals surface area contributed by atoms with E-state index in [2.05, 4.69) is 53.0 Å². The fourth-order valence-corrected chi connectivity index (χ4v) is 3.71. The molecule has 0 radical (unpaired) electrons. The van der Waals surface area contributed by atoms with Crippen molar-refractivity contribution in [2.45, 2.75) is 45.1 Å². The molecule has 0 spiro atoms. The summed E-state index contributed by atoms with van der Waals surface area (Å²) < 4.78 is 2.54. The van der Waals surface area contributed by atoms with Crippen molar-refractivity contribution in [2.24, 2.45) is 0 Å². The van der Waals surface area contributed by atoms with Crippen LogP contribution in [0.4, 0.5) is 0 Å². The zero-order valence-electron chi connectivity index (χ0n) is 13.9. The standard InChI is InChI=1S/C19H24N4/c1-3-13(2)19-22-17-12-21-16-7-5-4-6-15(16)18(17)23(19)14-8-10-20-11-9-14/h4-7,12-14,20H,3,8-11H2,1-2H3. The first-order valence-corrected chi connectivity index (χ1v) is 8.76. The van der Waals surface area contributed by atoms with Crippen molar-refractivity contribution in [2.75, 3.05) is 13.1 Å². The molecule has 120 valence electrons. The van der Waals surface area contributed by atoms with Gasteiger partial charge >= 0.3 is 0 Å². The summed E-state index contributed by atoms with van der Waals surface area (Å²) in [5.41, 5.74) is 3.38. The molecule has 4 nitrogen and oxygen atoms in total. The molecule has 1 atom stereocenters. The van der Waals surface area contributed by atoms with Crippen LogP contribution in [0.3, 0.4) is 0 Å². The number of fused-ring (bicyclic) bond motifs is 3. The van der Waals surface area contributed by atoms with Crippen LogP contribution in [0.25, 0.3) is 21.9 Å². The molecule has 0 aliphatic carbocycles. The van der Waals surface area contributed by atoms with Gasteiger partial charge in [-0.05, 0) is 38.4 Å². The first-order valence-electron chi connectivity index (χ1n) is 8.76. The minimum Gasteiger partial charge on any atom is -0.324 e. The Morgan fingerprint density at radius 2 is 2.00 bits per heavy atom. The summed E-state index contributed by atoms with van der Waals surface area (Å²) in [5.74, 6) is 1.70. The molecule has 0 amide bonds. The molecule has 1 saturated heterocycles. The van der Waals surface area contributed by atoms with Gasteiger partial charge in [0.25, 0.3) is 0 Å². The summed E-state index contributed by atoms with van der Waals surface area (Å²) in [5, 5.41) is 4.71. The van der Waals surface area contributed by atoms with Gasteiger partial charge in [-0.15, -0.1) is 0 Å². The number of benzene rings is 1. The number of hydrogen-bond acceptors (Lipinski definition) is 3. The number of nitrogens with one attached hydrogen (secondary N) is 1. The Kier molecular flexibility index (Phi) is 3.77. The molecule has 3 heterocycles. The summed E-state index contributed by atoms with van der Waals surface area (Å²) in [6.07, 6.45) is 5.40. The number of hydrogen-bond donors (Lipinski definition) is 1. The normalized spacial score (nSPS) is 17.8. The Hall–Kier alpha value is -1.94. The van der Waals surface area contributed by atoms with Crippen LogP contribution in [0, 0.1) is 0 Å². The van der Waals surface area contributed by atoms with E-state index in [9.17, 15) is 0 Å². The summed E-state index contributed by atoms with van der Waals surface area (Å²) in [6.45, 7) is 6.71. The van der Waals surface area contributed by atoms with E-state index in [0.717, 1.165) is 30.5 Å². The van der Waals surface area contributed by atoms with Crippen LogP contribution in [0.15, 0.2) is 30.5 Å². The van der Waals surface area contributed by atoms with Crippen LogP contribution < -0.4 is 5.32 Å². The highest BCUT2D eigenvalue weighted by molar-refractivity contribution is 6.02. The third-order valence-electron chi connectivity index (χ3n) is 5.18. The molecule has 1 unspecified atom stereocenters. The van der Waals surface area contributed by atoms with Crippen LogP contribution in [0.2, 0.25) is 0 Å². The van der Waals surface area contributed by atoms with Crippen LogP contribution in [-0.4, -0.2) is 27.6 Å². The van der Waals surface area contributed by atoms with Crippen LogP contribution in [-0.2, 0) is 0 Å². The predicted molar refractivity (Wildman–Crippen MR) is 94.9 cm³/mol. The van der Waals surface area contributed by atoms with Gasteiger partial charge in [-0.3, -0.25) is 4.98 Å². The lowest BCUT2D eigenvalue weighted by molar-refractivity contribution is 0.362. The van der Waals surface area contributed by atoms with Gasteiger partial charge in [-0.25, -0.2) is 4.98 Å². The number of pyridine rings is 1. The van der Waals surface area contributed by atoms with Gasteiger partial charge in [0.15, 0.2) is 0 Å². The molecule has 1 N–H and O–H groups in total. The number of nitrogens with zero attached hydrogens (tertiary/aromatic N) is 3. The minimum absolute atomic E-state index is 0.469. The number of aromatic nitrogens is 3. The van der Waals surface area contributed by atoms with Gasteiger partial charge in [-0.1, -0.05) is 32.0 Å². The molecule has 1 aliphatic rings. The highest BCUT2D eigenvalue weighted by Crippen LogP contribution is 2.34. The number of rotatable bonds is 3. The van der Waals surface area contributed by atoms with E-state index in [0.29, 0.717) is 12.0 Å². The molecule has 4 heteroatoms. The number of imidazole rings is 1. The Morgan fingerprint density at radius 1 is 1.22 bits per heavy atom. The number of piperidine rings is 1. The zero-order valence-corrected chi connectivity index (χ0v) is 13.9. The molecular formula is C19H24N4. The van der Waals surface area contributed by atoms with E-state index in [1.54, 1.807) is 0 Å². The van der Waals surface area contributed by atoms with E-state index in [-0.39, 0.29) is 0 Å². The lowest BCUT2D eigenvalue weighted by Crippen LogP contribution is -2.30. The molecule has 23 heavy (non-hydrogen) atoms. The van der Waals surface area contributed by atoms with Crippen molar-refractivity contribution in [3.05, 3.63) is 36.3 Å². The highest BCUT2D eigenvalue weighted by atomic mass is 15.1. The second kappa shape index (κ2) is 5.93. The molecule has 0 saturated carbocycles. The Bertz CT molecular complexity index is 830. The average molecular weight is 308 g/mol. The molecular weight excluding hydrogens is 284 g/mol. The maximum atomic E-state index is 4.99. The Balaban J connectivity index is 2.02. The molecule has 1 aromatic carbocycles. The van der Waals surface area contributed by atoms with E-state index < -0.39 is 0 Å². The lowest BCUT2D eigenvalue weighted by Gasteiger charge is -2.27. The minimum atomic E-state index is 0.469. The average Bonchev–Trinajstić information content (AvgIpc) is 3.02. The van der Waals surface area contributed by atoms with Crippen molar-refractivity contribution >= 4 is 21.9 Å². The fourth-order valence-electron chi connectivity index (χ4n) is 3.71. The summed E-state index contributed by atoms with van der Waals surface area (Å²) in [4.78, 5) is 9.59. The second-order valence-corrected chi connectivity index (χ2v) is 6.64. The second-order valence-electron chi connectivity index (χ2n) is 6.64. The monoisotopic (exact) mass is 308 g/mol. The van der Waals surface area contributed by atoms with Crippen molar-refractivity contribution in [3.63, 3.8) is 0 Å². The first-order chi connectivity index (χ1) is 11.3. The predicted octanol–water partition coefficient (Wildman–Crippen LogP) is 4.02. The van der Waals surface area contributed by atoms with Gasteiger partial charge in [0.1, 0.15) is 11.3 Å². The maximum absolute atomic E-state index is 4.99.